The summed E-state index contributed by atoms with van der Waals surface area (Å²) in [4.78, 5) is 14.3. The molecule has 1 aromatic carbocycles. The van der Waals surface area contributed by atoms with Gasteiger partial charge < -0.3 is 4.90 Å². The van der Waals surface area contributed by atoms with Gasteiger partial charge in [-0.3, -0.25) is 4.79 Å². The van der Waals surface area contributed by atoms with Crippen LogP contribution in [0, 0.1) is 12.8 Å². The van der Waals surface area contributed by atoms with Crippen molar-refractivity contribution in [1.82, 2.24) is 4.90 Å². The van der Waals surface area contributed by atoms with E-state index in [-0.39, 0.29) is 5.91 Å². The third-order valence-electron chi connectivity index (χ3n) is 3.36. The Morgan fingerprint density at radius 1 is 1.53 bits per heavy atom. The molecule has 0 aromatic heterocycles. The smallest absolute Gasteiger partial charge is 0.253 e. The van der Waals surface area contributed by atoms with Crippen molar-refractivity contribution < 1.29 is 4.79 Å². The van der Waals surface area contributed by atoms with Crippen LogP contribution in [0.1, 0.15) is 28.8 Å². The number of aryl methyl sites for hydroxylation is 1. The average molecular weight is 296 g/mol. The van der Waals surface area contributed by atoms with E-state index in [0.717, 1.165) is 42.4 Å². The molecule has 1 saturated heterocycles. The Labute approximate surface area is 111 Å². The second-order valence-corrected chi connectivity index (χ2v) is 5.55. The number of carbonyl (C=O) groups excluding carboxylic acids is 1. The first-order chi connectivity index (χ1) is 8.20. The van der Waals surface area contributed by atoms with Crippen LogP contribution in [-0.4, -0.2) is 29.2 Å². The van der Waals surface area contributed by atoms with E-state index < -0.39 is 0 Å². The summed E-state index contributed by atoms with van der Waals surface area (Å²) in [7, 11) is 0. The van der Waals surface area contributed by atoms with Gasteiger partial charge in [-0.1, -0.05) is 33.6 Å². The number of hydrogen-bond donors (Lipinski definition) is 0. The maximum absolute atomic E-state index is 12.3. The molecule has 0 radical (unpaired) electrons. The van der Waals surface area contributed by atoms with Crippen molar-refractivity contribution in [1.29, 1.82) is 0 Å². The van der Waals surface area contributed by atoms with Gasteiger partial charge in [0.05, 0.1) is 0 Å². The fourth-order valence-corrected chi connectivity index (χ4v) is 3.02. The summed E-state index contributed by atoms with van der Waals surface area (Å²) >= 11 is 3.47. The first-order valence-electron chi connectivity index (χ1n) is 6.12. The van der Waals surface area contributed by atoms with E-state index in [9.17, 15) is 4.79 Å². The number of nitrogens with zero attached hydrogens (tertiary/aromatic N) is 1. The van der Waals surface area contributed by atoms with E-state index >= 15 is 0 Å². The average Bonchev–Trinajstić information content (AvgIpc) is 2.77. The third-order valence-corrected chi connectivity index (χ3v) is 3.81. The van der Waals surface area contributed by atoms with Gasteiger partial charge in [-0.2, -0.15) is 0 Å². The van der Waals surface area contributed by atoms with Crippen LogP contribution < -0.4 is 0 Å². The fraction of sp³-hybridized carbons (Fsp3) is 0.500. The third kappa shape index (κ3) is 3.09. The zero-order valence-electron chi connectivity index (χ0n) is 10.2. The van der Waals surface area contributed by atoms with Crippen molar-refractivity contribution in [2.75, 3.05) is 18.4 Å². The molecule has 1 atom stereocenters. The van der Waals surface area contributed by atoms with Gasteiger partial charge in [-0.25, -0.2) is 0 Å². The van der Waals surface area contributed by atoms with E-state index in [1.807, 2.05) is 36.1 Å². The summed E-state index contributed by atoms with van der Waals surface area (Å²) in [5, 5.41) is 1.03. The number of amides is 1. The maximum atomic E-state index is 12.3. The first kappa shape index (κ1) is 12.6. The first-order valence-corrected chi connectivity index (χ1v) is 7.25. The van der Waals surface area contributed by atoms with Gasteiger partial charge in [0.15, 0.2) is 0 Å². The summed E-state index contributed by atoms with van der Waals surface area (Å²) in [6, 6.07) is 7.86. The molecule has 0 N–H and O–H groups in total. The van der Waals surface area contributed by atoms with Crippen LogP contribution in [-0.2, 0) is 0 Å². The molecule has 0 saturated carbocycles. The molecule has 2 rings (SSSR count). The van der Waals surface area contributed by atoms with Crippen molar-refractivity contribution in [3.63, 3.8) is 0 Å². The zero-order valence-corrected chi connectivity index (χ0v) is 11.7. The normalized spacial score (nSPS) is 19.6. The summed E-state index contributed by atoms with van der Waals surface area (Å²) in [5.74, 6) is 0.855. The highest BCUT2D eigenvalue weighted by Gasteiger charge is 2.26. The SMILES string of the molecule is Cc1cccc(C(=O)N2CCC(CCBr)C2)c1. The molecule has 3 heteroatoms. The van der Waals surface area contributed by atoms with Gasteiger partial charge >= 0.3 is 0 Å². The molecule has 0 spiro atoms. The molecule has 1 aromatic rings. The number of rotatable bonds is 3. The largest absolute Gasteiger partial charge is 0.338 e. The van der Waals surface area contributed by atoms with Crippen molar-refractivity contribution in [3.8, 4) is 0 Å². The van der Waals surface area contributed by atoms with Crippen LogP contribution in [0.15, 0.2) is 24.3 Å². The van der Waals surface area contributed by atoms with E-state index in [4.69, 9.17) is 0 Å². The Hall–Kier alpha value is -0.830. The lowest BCUT2D eigenvalue weighted by molar-refractivity contribution is 0.0787. The minimum absolute atomic E-state index is 0.186. The lowest BCUT2D eigenvalue weighted by Gasteiger charge is -2.16. The minimum Gasteiger partial charge on any atom is -0.338 e. The van der Waals surface area contributed by atoms with E-state index in [2.05, 4.69) is 15.9 Å². The highest BCUT2D eigenvalue weighted by molar-refractivity contribution is 9.09. The highest BCUT2D eigenvalue weighted by atomic mass is 79.9. The second kappa shape index (κ2) is 5.67. The van der Waals surface area contributed by atoms with Crippen LogP contribution in [0.3, 0.4) is 0 Å². The van der Waals surface area contributed by atoms with E-state index in [1.165, 1.54) is 0 Å². The summed E-state index contributed by atoms with van der Waals surface area (Å²) < 4.78 is 0. The number of hydrogen-bond acceptors (Lipinski definition) is 1. The van der Waals surface area contributed by atoms with Gasteiger partial charge in [-0.05, 0) is 37.8 Å². The minimum atomic E-state index is 0.186. The number of alkyl halides is 1. The molecular weight excluding hydrogens is 278 g/mol. The lowest BCUT2D eigenvalue weighted by atomic mass is 10.1. The van der Waals surface area contributed by atoms with Crippen molar-refractivity contribution in [3.05, 3.63) is 35.4 Å². The molecule has 2 nitrogen and oxygen atoms in total. The zero-order chi connectivity index (χ0) is 12.3. The van der Waals surface area contributed by atoms with Gasteiger partial charge in [0.2, 0.25) is 0 Å². The van der Waals surface area contributed by atoms with E-state index in [1.54, 1.807) is 0 Å². The molecule has 1 aliphatic rings. The Bertz CT molecular complexity index is 405. The maximum Gasteiger partial charge on any atom is 0.253 e. The second-order valence-electron chi connectivity index (χ2n) is 4.75. The standard InChI is InChI=1S/C14H18BrNO/c1-11-3-2-4-13(9-11)14(17)16-8-6-12(10-16)5-7-15/h2-4,9,12H,5-8,10H2,1H3. The van der Waals surface area contributed by atoms with Gasteiger partial charge in [0.25, 0.3) is 5.91 Å². The molecule has 1 fully saturated rings. The fourth-order valence-electron chi connectivity index (χ4n) is 2.37. The number of likely N-dealkylation sites (tertiary alicyclic amines) is 1. The van der Waals surface area contributed by atoms with Crippen LogP contribution in [0.5, 0.6) is 0 Å². The molecule has 0 aliphatic carbocycles. The van der Waals surface area contributed by atoms with Gasteiger partial charge in [0, 0.05) is 24.0 Å². The number of carbonyl (C=O) groups is 1. The van der Waals surface area contributed by atoms with Crippen LogP contribution in [0.4, 0.5) is 0 Å². The predicted octanol–water partition coefficient (Wildman–Crippen LogP) is 3.24. The number of benzene rings is 1. The Morgan fingerprint density at radius 2 is 2.35 bits per heavy atom. The van der Waals surface area contributed by atoms with E-state index in [0.29, 0.717) is 5.92 Å². The Balaban J connectivity index is 2.02. The molecule has 92 valence electrons. The molecule has 17 heavy (non-hydrogen) atoms. The summed E-state index contributed by atoms with van der Waals surface area (Å²) in [5.41, 5.74) is 1.97. The monoisotopic (exact) mass is 295 g/mol. The molecule has 0 bridgehead atoms. The summed E-state index contributed by atoms with van der Waals surface area (Å²) in [6.45, 7) is 3.84. The Morgan fingerprint density at radius 3 is 3.06 bits per heavy atom. The quantitative estimate of drug-likeness (QED) is 0.784. The molecule has 1 aliphatic heterocycles. The van der Waals surface area contributed by atoms with Gasteiger partial charge in [-0.15, -0.1) is 0 Å². The van der Waals surface area contributed by atoms with Crippen LogP contribution in [0.2, 0.25) is 0 Å². The molecule has 1 heterocycles. The summed E-state index contributed by atoms with van der Waals surface area (Å²) in [6.07, 6.45) is 2.31. The predicted molar refractivity (Wildman–Crippen MR) is 73.6 cm³/mol. The van der Waals surface area contributed by atoms with Crippen molar-refractivity contribution in [2.45, 2.75) is 19.8 Å². The Kier molecular flexibility index (Phi) is 4.21. The lowest BCUT2D eigenvalue weighted by Crippen LogP contribution is -2.28. The molecule has 1 amide bonds. The van der Waals surface area contributed by atoms with Crippen LogP contribution in [0.25, 0.3) is 0 Å². The topological polar surface area (TPSA) is 20.3 Å². The number of halogens is 1. The van der Waals surface area contributed by atoms with Crippen LogP contribution >= 0.6 is 15.9 Å². The van der Waals surface area contributed by atoms with Crippen molar-refractivity contribution >= 4 is 21.8 Å². The molecular formula is C14H18BrNO. The van der Waals surface area contributed by atoms with Gasteiger partial charge in [0.1, 0.15) is 0 Å². The highest BCUT2D eigenvalue weighted by Crippen LogP contribution is 2.22. The van der Waals surface area contributed by atoms with Crippen molar-refractivity contribution in [2.24, 2.45) is 5.92 Å². The molecule has 1 unspecified atom stereocenters.